The van der Waals surface area contributed by atoms with Crippen molar-refractivity contribution in [3.8, 4) is 0 Å². The van der Waals surface area contributed by atoms with Crippen molar-refractivity contribution >= 4 is 27.3 Å². The molecule has 0 aliphatic carbocycles. The summed E-state index contributed by atoms with van der Waals surface area (Å²) >= 11 is 0. The Labute approximate surface area is 138 Å². The predicted octanol–water partition coefficient (Wildman–Crippen LogP) is 2.92. The lowest BCUT2D eigenvalue weighted by atomic mass is 10.1. The van der Waals surface area contributed by atoms with E-state index in [9.17, 15) is 35.6 Å². The normalized spacial score (nSPS) is 14.8. The van der Waals surface area contributed by atoms with Crippen LogP contribution in [0.25, 0.3) is 0 Å². The Balaban J connectivity index is 2.25. The van der Waals surface area contributed by atoms with Gasteiger partial charge in [0.25, 0.3) is 21.7 Å². The molecule has 2 aromatic rings. The van der Waals surface area contributed by atoms with Crippen molar-refractivity contribution in [3.05, 3.63) is 59.4 Å². The number of hydrogen-bond acceptors (Lipinski definition) is 4. The highest BCUT2D eigenvalue weighted by Gasteiger charge is 2.50. The van der Waals surface area contributed by atoms with Crippen molar-refractivity contribution < 1.29 is 35.6 Å². The van der Waals surface area contributed by atoms with Crippen molar-refractivity contribution in [2.45, 2.75) is 10.4 Å². The Hall–Kier alpha value is -2.75. The molecule has 130 valence electrons. The molecule has 0 saturated heterocycles. The van der Waals surface area contributed by atoms with Crippen LogP contribution in [0.5, 0.6) is 0 Å². The quantitative estimate of drug-likeness (QED) is 0.600. The number of sulfone groups is 1. The average Bonchev–Trinajstić information content (AvgIpc) is 2.78. The monoisotopic (exact) mass is 373 g/mol. The van der Waals surface area contributed by atoms with Gasteiger partial charge in [-0.05, 0) is 30.3 Å². The topological polar surface area (TPSA) is 71.5 Å². The molecule has 0 radical (unpaired) electrons. The summed E-state index contributed by atoms with van der Waals surface area (Å²) in [5, 5.41) is 0. The molecule has 0 spiro atoms. The first-order chi connectivity index (χ1) is 11.6. The summed E-state index contributed by atoms with van der Waals surface area (Å²) < 4.78 is 75.5. The van der Waals surface area contributed by atoms with Crippen LogP contribution in [0.2, 0.25) is 0 Å². The van der Waals surface area contributed by atoms with Gasteiger partial charge in [-0.3, -0.25) is 9.59 Å². The van der Waals surface area contributed by atoms with Gasteiger partial charge in [0.05, 0.1) is 16.8 Å². The fourth-order valence-electron chi connectivity index (χ4n) is 2.42. The van der Waals surface area contributed by atoms with E-state index < -0.39 is 43.6 Å². The molecular formula is C15H7F4NO4S. The number of carbonyl (C=O) groups excluding carboxylic acids is 2. The molecule has 3 rings (SSSR count). The number of carbonyl (C=O) groups is 2. The molecule has 2 aromatic carbocycles. The fraction of sp³-hybridized carbons (Fsp3) is 0.0667. The molecule has 0 saturated carbocycles. The lowest BCUT2D eigenvalue weighted by Gasteiger charge is -2.19. The van der Waals surface area contributed by atoms with Crippen molar-refractivity contribution in [1.29, 1.82) is 0 Å². The third kappa shape index (κ3) is 2.49. The van der Waals surface area contributed by atoms with Gasteiger partial charge < -0.3 is 0 Å². The van der Waals surface area contributed by atoms with Crippen molar-refractivity contribution in [2.75, 3.05) is 4.90 Å². The van der Waals surface area contributed by atoms with Gasteiger partial charge in [0.2, 0.25) is 0 Å². The highest BCUT2D eigenvalue weighted by molar-refractivity contribution is 7.92. The standard InChI is InChI=1S/C15H7F4NO4S/c16-8-5-6-11(12(7-8)25(23,24)15(17,18)19)20-13(21)9-3-1-2-4-10(9)14(20)22/h1-7H. The second-order valence-electron chi connectivity index (χ2n) is 5.05. The fourth-order valence-corrected chi connectivity index (χ4v) is 3.37. The van der Waals surface area contributed by atoms with Gasteiger partial charge in [-0.15, -0.1) is 0 Å². The zero-order chi connectivity index (χ0) is 18.6. The molecule has 0 aromatic heterocycles. The first kappa shape index (κ1) is 17.1. The highest BCUT2D eigenvalue weighted by atomic mass is 32.2. The van der Waals surface area contributed by atoms with E-state index in [0.29, 0.717) is 17.0 Å². The summed E-state index contributed by atoms with van der Waals surface area (Å²) in [7, 11) is -5.99. The molecular weight excluding hydrogens is 366 g/mol. The van der Waals surface area contributed by atoms with Crippen LogP contribution in [0.15, 0.2) is 47.4 Å². The van der Waals surface area contributed by atoms with E-state index in [0.717, 1.165) is 0 Å². The minimum Gasteiger partial charge on any atom is -0.268 e. The number of amides is 2. The number of fused-ring (bicyclic) bond motifs is 1. The van der Waals surface area contributed by atoms with Crippen molar-refractivity contribution in [3.63, 3.8) is 0 Å². The van der Waals surface area contributed by atoms with E-state index in [2.05, 4.69) is 0 Å². The van der Waals surface area contributed by atoms with Gasteiger partial charge in [-0.25, -0.2) is 17.7 Å². The van der Waals surface area contributed by atoms with Gasteiger partial charge >= 0.3 is 5.51 Å². The second-order valence-corrected chi connectivity index (χ2v) is 6.96. The zero-order valence-electron chi connectivity index (χ0n) is 12.0. The second kappa shape index (κ2) is 5.38. The number of rotatable bonds is 2. The van der Waals surface area contributed by atoms with Crippen LogP contribution in [-0.2, 0) is 9.84 Å². The third-order valence-electron chi connectivity index (χ3n) is 3.55. The molecule has 25 heavy (non-hydrogen) atoms. The molecule has 0 unspecified atom stereocenters. The smallest absolute Gasteiger partial charge is 0.268 e. The van der Waals surface area contributed by atoms with Crippen LogP contribution in [0.1, 0.15) is 20.7 Å². The zero-order valence-corrected chi connectivity index (χ0v) is 12.9. The predicted molar refractivity (Wildman–Crippen MR) is 77.2 cm³/mol. The van der Waals surface area contributed by atoms with Crippen LogP contribution in [0.3, 0.4) is 0 Å². The van der Waals surface area contributed by atoms with Gasteiger partial charge in [0, 0.05) is 0 Å². The number of benzene rings is 2. The molecule has 0 N–H and O–H groups in total. The Morgan fingerprint density at radius 1 is 0.880 bits per heavy atom. The number of hydrogen-bond donors (Lipinski definition) is 0. The minimum atomic E-state index is -5.99. The lowest BCUT2D eigenvalue weighted by Crippen LogP contribution is -2.33. The van der Waals surface area contributed by atoms with E-state index in [4.69, 9.17) is 0 Å². The SMILES string of the molecule is O=C1c2ccccc2C(=O)N1c1ccc(F)cc1S(=O)(=O)C(F)(F)F. The summed E-state index contributed by atoms with van der Waals surface area (Å²) in [5.41, 5.74) is -6.77. The van der Waals surface area contributed by atoms with E-state index in [1.54, 1.807) is 0 Å². The van der Waals surface area contributed by atoms with Crippen LogP contribution in [0, 0.1) is 5.82 Å². The number of halogens is 4. The molecule has 10 heteroatoms. The van der Waals surface area contributed by atoms with E-state index in [1.807, 2.05) is 0 Å². The van der Waals surface area contributed by atoms with Gasteiger partial charge in [0.15, 0.2) is 0 Å². The largest absolute Gasteiger partial charge is 0.501 e. The minimum absolute atomic E-state index is 0.0906. The maximum Gasteiger partial charge on any atom is 0.501 e. The number of nitrogens with zero attached hydrogens (tertiary/aromatic N) is 1. The van der Waals surface area contributed by atoms with Crippen LogP contribution < -0.4 is 4.90 Å². The molecule has 1 heterocycles. The summed E-state index contributed by atoms with van der Waals surface area (Å²) in [6, 6.07) is 6.86. The van der Waals surface area contributed by atoms with Crippen LogP contribution in [-0.4, -0.2) is 25.7 Å². The highest BCUT2D eigenvalue weighted by Crippen LogP contribution is 2.39. The molecule has 0 fully saturated rings. The van der Waals surface area contributed by atoms with Crippen LogP contribution in [0.4, 0.5) is 23.2 Å². The number of anilines is 1. The first-order valence-corrected chi connectivity index (χ1v) is 8.13. The Bertz CT molecular complexity index is 979. The molecule has 0 bridgehead atoms. The van der Waals surface area contributed by atoms with E-state index >= 15 is 0 Å². The summed E-state index contributed by atoms with van der Waals surface area (Å²) in [4.78, 5) is 23.5. The summed E-state index contributed by atoms with van der Waals surface area (Å²) in [5.74, 6) is -3.25. The van der Waals surface area contributed by atoms with E-state index in [1.165, 1.54) is 24.3 Å². The van der Waals surface area contributed by atoms with Gasteiger partial charge in [-0.2, -0.15) is 13.2 Å². The summed E-state index contributed by atoms with van der Waals surface area (Å²) in [6.45, 7) is 0. The maximum absolute atomic E-state index is 13.4. The number of alkyl halides is 3. The van der Waals surface area contributed by atoms with Gasteiger partial charge in [-0.1, -0.05) is 12.1 Å². The average molecular weight is 373 g/mol. The Morgan fingerprint density at radius 2 is 1.40 bits per heavy atom. The van der Waals surface area contributed by atoms with Gasteiger partial charge in [0.1, 0.15) is 10.7 Å². The molecule has 1 aliphatic rings. The first-order valence-electron chi connectivity index (χ1n) is 6.64. The number of imide groups is 1. The molecule has 0 atom stereocenters. The molecule has 1 aliphatic heterocycles. The van der Waals surface area contributed by atoms with Crippen molar-refractivity contribution in [2.24, 2.45) is 0 Å². The van der Waals surface area contributed by atoms with Crippen molar-refractivity contribution in [1.82, 2.24) is 0 Å². The third-order valence-corrected chi connectivity index (χ3v) is 5.07. The lowest BCUT2D eigenvalue weighted by molar-refractivity contribution is -0.0436. The van der Waals surface area contributed by atoms with Crippen LogP contribution >= 0.6 is 0 Å². The Kier molecular flexibility index (Phi) is 3.68. The summed E-state index contributed by atoms with van der Waals surface area (Å²) in [6.07, 6.45) is 0. The van der Waals surface area contributed by atoms with E-state index in [-0.39, 0.29) is 17.2 Å². The Morgan fingerprint density at radius 3 is 1.88 bits per heavy atom. The molecule has 5 nitrogen and oxygen atoms in total. The molecule has 2 amide bonds. The maximum atomic E-state index is 13.4.